The van der Waals surface area contributed by atoms with Gasteiger partial charge in [0.2, 0.25) is 0 Å². The second kappa shape index (κ2) is 8.55. The molecule has 0 radical (unpaired) electrons. The fourth-order valence-electron chi connectivity index (χ4n) is 6.91. The van der Waals surface area contributed by atoms with Gasteiger partial charge >= 0.3 is 0 Å². The average molecular weight is 521 g/mol. The molecule has 9 rings (SSSR count). The van der Waals surface area contributed by atoms with Crippen molar-refractivity contribution in [3.8, 4) is 22.3 Å². The van der Waals surface area contributed by atoms with E-state index < -0.39 is 0 Å². The lowest BCUT2D eigenvalue weighted by atomic mass is 9.84. The van der Waals surface area contributed by atoms with Gasteiger partial charge in [0.15, 0.2) is 0 Å². The summed E-state index contributed by atoms with van der Waals surface area (Å²) >= 11 is 0. The molecule has 1 heterocycles. The van der Waals surface area contributed by atoms with Gasteiger partial charge in [-0.15, -0.1) is 0 Å². The fourth-order valence-corrected chi connectivity index (χ4v) is 6.91. The van der Waals surface area contributed by atoms with Crippen LogP contribution in [0, 0.1) is 0 Å². The molecule has 9 aromatic rings. The maximum atomic E-state index is 6.59. The predicted molar refractivity (Wildman–Crippen MR) is 175 cm³/mol. The molecule has 0 aliphatic carbocycles. The van der Waals surface area contributed by atoms with Crippen molar-refractivity contribution in [2.24, 2.45) is 0 Å². The number of hydrogen-bond acceptors (Lipinski definition) is 1. The molecule has 1 heteroatoms. The lowest BCUT2D eigenvalue weighted by Gasteiger charge is -2.19. The van der Waals surface area contributed by atoms with Gasteiger partial charge in [-0.2, -0.15) is 0 Å². The molecule has 8 aromatic carbocycles. The van der Waals surface area contributed by atoms with E-state index in [1.807, 2.05) is 0 Å². The first-order chi connectivity index (χ1) is 20.4. The summed E-state index contributed by atoms with van der Waals surface area (Å²) < 4.78 is 6.59. The zero-order valence-corrected chi connectivity index (χ0v) is 22.3. The molecular weight excluding hydrogens is 496 g/mol. The Morgan fingerprint density at radius 1 is 0.317 bits per heavy atom. The molecule has 190 valence electrons. The van der Waals surface area contributed by atoms with Gasteiger partial charge in [0.05, 0.1) is 0 Å². The molecule has 1 nitrogen and oxygen atoms in total. The van der Waals surface area contributed by atoms with Gasteiger partial charge < -0.3 is 4.42 Å². The highest BCUT2D eigenvalue weighted by atomic mass is 16.3. The van der Waals surface area contributed by atoms with Crippen molar-refractivity contribution in [3.05, 3.63) is 146 Å². The van der Waals surface area contributed by atoms with Crippen molar-refractivity contribution in [3.63, 3.8) is 0 Å². The van der Waals surface area contributed by atoms with E-state index in [0.717, 1.165) is 21.9 Å². The van der Waals surface area contributed by atoms with E-state index >= 15 is 0 Å². The van der Waals surface area contributed by atoms with E-state index in [2.05, 4.69) is 146 Å². The average Bonchev–Trinajstić information content (AvgIpc) is 3.43. The molecule has 0 N–H and O–H groups in total. The minimum Gasteiger partial charge on any atom is -0.455 e. The molecule has 0 spiro atoms. The molecule has 0 aliphatic heterocycles. The Bertz CT molecular complexity index is 2410. The molecule has 41 heavy (non-hydrogen) atoms. The number of fused-ring (bicyclic) bond motifs is 8. The number of hydrogen-bond donors (Lipinski definition) is 0. The van der Waals surface area contributed by atoms with Crippen LogP contribution in [-0.4, -0.2) is 0 Å². The highest BCUT2D eigenvalue weighted by molar-refractivity contribution is 6.28. The summed E-state index contributed by atoms with van der Waals surface area (Å²) in [5.74, 6) is 0. The summed E-state index contributed by atoms with van der Waals surface area (Å²) in [4.78, 5) is 0. The molecule has 1 aromatic heterocycles. The summed E-state index contributed by atoms with van der Waals surface area (Å²) in [7, 11) is 0. The first-order valence-electron chi connectivity index (χ1n) is 14.1. The van der Waals surface area contributed by atoms with E-state index in [1.165, 1.54) is 65.3 Å². The van der Waals surface area contributed by atoms with Crippen LogP contribution in [0.1, 0.15) is 0 Å². The third-order valence-corrected chi connectivity index (χ3v) is 8.65. The van der Waals surface area contributed by atoms with Gasteiger partial charge in [0, 0.05) is 16.2 Å². The topological polar surface area (TPSA) is 13.1 Å². The van der Waals surface area contributed by atoms with Crippen molar-refractivity contribution < 1.29 is 4.42 Å². The van der Waals surface area contributed by atoms with E-state index in [-0.39, 0.29) is 0 Å². The van der Waals surface area contributed by atoms with Crippen molar-refractivity contribution in [2.75, 3.05) is 0 Å². The smallest absolute Gasteiger partial charge is 0.143 e. The van der Waals surface area contributed by atoms with Gasteiger partial charge in [-0.1, -0.05) is 133 Å². The van der Waals surface area contributed by atoms with Crippen molar-refractivity contribution in [1.29, 1.82) is 0 Å². The van der Waals surface area contributed by atoms with E-state index in [4.69, 9.17) is 4.42 Å². The molecule has 0 saturated carbocycles. The summed E-state index contributed by atoms with van der Waals surface area (Å²) in [5.41, 5.74) is 6.87. The molecular formula is C40H24O. The standard InChI is InChI=1S/C40H24O/c1-3-14-27-25(11-1)13-9-20-29(27)37-30-16-5-7-18-32(30)38(33-19-8-6-17-31(33)37)34-21-10-22-36-39(34)35-24-23-26-12-2-4-15-28(26)40(35)41-36/h1-24H. The van der Waals surface area contributed by atoms with E-state index in [9.17, 15) is 0 Å². The Morgan fingerprint density at radius 3 is 1.49 bits per heavy atom. The Hall–Kier alpha value is -5.40. The van der Waals surface area contributed by atoms with Gasteiger partial charge in [-0.05, 0) is 72.1 Å². The Kier molecular flexibility index (Phi) is 4.67. The molecule has 0 aliphatic rings. The molecule has 0 amide bonds. The van der Waals surface area contributed by atoms with Crippen molar-refractivity contribution in [1.82, 2.24) is 0 Å². The van der Waals surface area contributed by atoms with Crippen molar-refractivity contribution >= 4 is 65.0 Å². The lowest BCUT2D eigenvalue weighted by Crippen LogP contribution is -1.92. The van der Waals surface area contributed by atoms with Gasteiger partial charge in [0.1, 0.15) is 11.2 Å². The van der Waals surface area contributed by atoms with Crippen molar-refractivity contribution in [2.45, 2.75) is 0 Å². The Labute approximate surface area is 236 Å². The maximum Gasteiger partial charge on any atom is 0.143 e. The Morgan fingerprint density at radius 2 is 0.805 bits per heavy atom. The number of benzene rings is 8. The predicted octanol–water partition coefficient (Wildman–Crippen LogP) is 11.5. The third kappa shape index (κ3) is 3.18. The van der Waals surface area contributed by atoms with Gasteiger partial charge in [-0.3, -0.25) is 0 Å². The highest BCUT2D eigenvalue weighted by Crippen LogP contribution is 2.48. The highest BCUT2D eigenvalue weighted by Gasteiger charge is 2.21. The minimum absolute atomic E-state index is 0.917. The zero-order chi connectivity index (χ0) is 26.9. The van der Waals surface area contributed by atoms with Crippen LogP contribution >= 0.6 is 0 Å². The monoisotopic (exact) mass is 520 g/mol. The third-order valence-electron chi connectivity index (χ3n) is 8.65. The number of furan rings is 1. The van der Waals surface area contributed by atoms with Gasteiger partial charge in [-0.25, -0.2) is 0 Å². The van der Waals surface area contributed by atoms with Crippen LogP contribution in [0.4, 0.5) is 0 Å². The van der Waals surface area contributed by atoms with Crippen LogP contribution in [0.3, 0.4) is 0 Å². The summed E-state index contributed by atoms with van der Waals surface area (Å²) in [6, 6.07) is 52.5. The van der Waals surface area contributed by atoms with Gasteiger partial charge in [0.25, 0.3) is 0 Å². The number of rotatable bonds is 2. The first-order valence-corrected chi connectivity index (χ1v) is 14.1. The second-order valence-corrected chi connectivity index (χ2v) is 10.8. The van der Waals surface area contributed by atoms with Crippen LogP contribution in [0.2, 0.25) is 0 Å². The quantitative estimate of drug-likeness (QED) is 0.207. The molecule has 0 atom stereocenters. The maximum absolute atomic E-state index is 6.59. The molecule has 0 unspecified atom stereocenters. The normalized spacial score (nSPS) is 11.9. The summed E-state index contributed by atoms with van der Waals surface area (Å²) in [6.45, 7) is 0. The van der Waals surface area contributed by atoms with Crippen LogP contribution in [-0.2, 0) is 0 Å². The largest absolute Gasteiger partial charge is 0.455 e. The molecule has 0 fully saturated rings. The molecule has 0 bridgehead atoms. The lowest BCUT2D eigenvalue weighted by molar-refractivity contribution is 0.673. The van der Waals surface area contributed by atoms with Crippen LogP contribution in [0.5, 0.6) is 0 Å². The van der Waals surface area contributed by atoms with E-state index in [1.54, 1.807) is 0 Å². The minimum atomic E-state index is 0.917. The van der Waals surface area contributed by atoms with Crippen LogP contribution in [0.15, 0.2) is 150 Å². The van der Waals surface area contributed by atoms with Crippen LogP contribution in [0.25, 0.3) is 87.3 Å². The fraction of sp³-hybridized carbons (Fsp3) is 0. The zero-order valence-electron chi connectivity index (χ0n) is 22.3. The SMILES string of the molecule is c1ccc2c(-c3c4ccccc4c(-c4cccc5oc6c7ccccc7ccc6c45)c4ccccc34)cccc2c1. The van der Waals surface area contributed by atoms with Crippen LogP contribution < -0.4 is 0 Å². The Balaban J connectivity index is 1.46. The second-order valence-electron chi connectivity index (χ2n) is 10.8. The molecule has 0 saturated heterocycles. The first kappa shape index (κ1) is 22.4. The van der Waals surface area contributed by atoms with E-state index in [0.29, 0.717) is 0 Å². The summed E-state index contributed by atoms with van der Waals surface area (Å²) in [6.07, 6.45) is 0. The summed E-state index contributed by atoms with van der Waals surface area (Å²) in [5, 5.41) is 12.2.